The minimum absolute atomic E-state index is 0.0455. The van der Waals surface area contributed by atoms with Crippen LogP contribution in [0.5, 0.6) is 0 Å². The Bertz CT molecular complexity index is 685. The number of likely N-dealkylation sites (tertiary alicyclic amines) is 1. The number of H-pyrrole nitrogens is 1. The summed E-state index contributed by atoms with van der Waals surface area (Å²) < 4.78 is 0. The van der Waals surface area contributed by atoms with E-state index in [1.807, 2.05) is 0 Å². The van der Waals surface area contributed by atoms with Crippen LogP contribution in [-0.2, 0) is 12.0 Å². The molecular formula is C18H24N2OS. The second kappa shape index (κ2) is 6.01. The second-order valence-corrected chi connectivity index (χ2v) is 8.19. The average molecular weight is 316 g/mol. The SMILES string of the molecule is CC(C)(C)c1ccc(-c2[nH]c(=O)sc2CN2CCCC2)cc1. The van der Waals surface area contributed by atoms with Crippen molar-refractivity contribution in [2.24, 2.45) is 0 Å². The summed E-state index contributed by atoms with van der Waals surface area (Å²) in [5.74, 6) is 0. The summed E-state index contributed by atoms with van der Waals surface area (Å²) in [6.07, 6.45) is 2.55. The lowest BCUT2D eigenvalue weighted by Gasteiger charge is -2.19. The minimum atomic E-state index is 0.0455. The van der Waals surface area contributed by atoms with Crippen molar-refractivity contribution in [2.45, 2.75) is 45.6 Å². The van der Waals surface area contributed by atoms with Crippen molar-refractivity contribution in [3.8, 4) is 11.3 Å². The van der Waals surface area contributed by atoms with Gasteiger partial charge >= 0.3 is 4.87 Å². The van der Waals surface area contributed by atoms with Gasteiger partial charge in [0.1, 0.15) is 0 Å². The molecule has 118 valence electrons. The Balaban J connectivity index is 1.89. The van der Waals surface area contributed by atoms with Gasteiger partial charge in [-0.25, -0.2) is 0 Å². The monoisotopic (exact) mass is 316 g/mol. The highest BCUT2D eigenvalue weighted by Gasteiger charge is 2.18. The zero-order chi connectivity index (χ0) is 15.7. The van der Waals surface area contributed by atoms with Crippen molar-refractivity contribution in [1.29, 1.82) is 0 Å². The Morgan fingerprint density at radius 2 is 1.77 bits per heavy atom. The molecule has 0 amide bonds. The van der Waals surface area contributed by atoms with Crippen molar-refractivity contribution in [2.75, 3.05) is 13.1 Å². The van der Waals surface area contributed by atoms with Gasteiger partial charge in [0.15, 0.2) is 0 Å². The van der Waals surface area contributed by atoms with E-state index in [2.05, 4.69) is 54.9 Å². The van der Waals surface area contributed by atoms with Gasteiger partial charge in [0.2, 0.25) is 0 Å². The molecule has 1 saturated heterocycles. The smallest absolute Gasteiger partial charge is 0.305 e. The molecule has 1 N–H and O–H groups in total. The fourth-order valence-electron chi connectivity index (χ4n) is 2.99. The summed E-state index contributed by atoms with van der Waals surface area (Å²) >= 11 is 1.35. The number of hydrogen-bond acceptors (Lipinski definition) is 3. The molecule has 0 unspecified atom stereocenters. The fourth-order valence-corrected chi connectivity index (χ4v) is 3.88. The molecule has 0 bridgehead atoms. The number of nitrogens with one attached hydrogen (secondary N) is 1. The van der Waals surface area contributed by atoms with Crippen LogP contribution in [0.2, 0.25) is 0 Å². The van der Waals surface area contributed by atoms with Crippen molar-refractivity contribution in [3.05, 3.63) is 44.4 Å². The van der Waals surface area contributed by atoms with Crippen molar-refractivity contribution in [3.63, 3.8) is 0 Å². The number of aromatic nitrogens is 1. The molecule has 1 aromatic heterocycles. The summed E-state index contributed by atoms with van der Waals surface area (Å²) in [6.45, 7) is 9.83. The minimum Gasteiger partial charge on any atom is -0.312 e. The summed E-state index contributed by atoms with van der Waals surface area (Å²) in [7, 11) is 0. The van der Waals surface area contributed by atoms with Gasteiger partial charge < -0.3 is 4.98 Å². The van der Waals surface area contributed by atoms with E-state index in [4.69, 9.17) is 0 Å². The standard InChI is InChI=1S/C18H24N2OS/c1-18(2,3)14-8-6-13(7-9-14)16-15(22-17(21)19-16)12-20-10-4-5-11-20/h6-9H,4-5,10-12H2,1-3H3,(H,19,21). The van der Waals surface area contributed by atoms with E-state index >= 15 is 0 Å². The number of nitrogens with zero attached hydrogens (tertiary/aromatic N) is 1. The molecule has 0 radical (unpaired) electrons. The molecule has 0 spiro atoms. The van der Waals surface area contributed by atoms with Crippen LogP contribution in [0.25, 0.3) is 11.3 Å². The first-order valence-electron chi connectivity index (χ1n) is 7.99. The molecule has 0 aliphatic carbocycles. The predicted octanol–water partition coefficient (Wildman–Crippen LogP) is 4.00. The largest absolute Gasteiger partial charge is 0.312 e. The lowest BCUT2D eigenvalue weighted by molar-refractivity contribution is 0.334. The Morgan fingerprint density at radius 1 is 1.14 bits per heavy atom. The van der Waals surface area contributed by atoms with Crippen LogP contribution in [0.3, 0.4) is 0 Å². The third-order valence-electron chi connectivity index (χ3n) is 4.33. The third-order valence-corrected chi connectivity index (χ3v) is 5.19. The Labute approximate surface area is 136 Å². The van der Waals surface area contributed by atoms with Crippen molar-refractivity contribution in [1.82, 2.24) is 9.88 Å². The van der Waals surface area contributed by atoms with Crippen molar-refractivity contribution >= 4 is 11.3 Å². The number of benzene rings is 1. The fraction of sp³-hybridized carbons (Fsp3) is 0.500. The van der Waals surface area contributed by atoms with Crippen LogP contribution in [0.1, 0.15) is 44.1 Å². The van der Waals surface area contributed by atoms with Gasteiger partial charge in [-0.15, -0.1) is 0 Å². The predicted molar refractivity (Wildman–Crippen MR) is 93.6 cm³/mol. The van der Waals surface area contributed by atoms with Crippen LogP contribution in [0, 0.1) is 0 Å². The molecule has 3 rings (SSSR count). The van der Waals surface area contributed by atoms with Gasteiger partial charge in [-0.3, -0.25) is 9.69 Å². The first-order valence-corrected chi connectivity index (χ1v) is 8.80. The lowest BCUT2D eigenvalue weighted by Crippen LogP contribution is -2.18. The Hall–Kier alpha value is -1.39. The Kier molecular flexibility index (Phi) is 4.24. The summed E-state index contributed by atoms with van der Waals surface area (Å²) in [4.78, 5) is 18.5. The maximum absolute atomic E-state index is 11.8. The van der Waals surface area contributed by atoms with E-state index in [9.17, 15) is 4.79 Å². The summed E-state index contributed by atoms with van der Waals surface area (Å²) in [5, 5.41) is 0. The molecule has 1 aliphatic rings. The third kappa shape index (κ3) is 3.33. The van der Waals surface area contributed by atoms with Gasteiger partial charge in [-0.1, -0.05) is 56.4 Å². The van der Waals surface area contributed by atoms with Gasteiger partial charge in [0.25, 0.3) is 0 Å². The lowest BCUT2D eigenvalue weighted by atomic mass is 9.86. The zero-order valence-electron chi connectivity index (χ0n) is 13.6. The topological polar surface area (TPSA) is 36.1 Å². The normalized spacial score (nSPS) is 16.3. The van der Waals surface area contributed by atoms with Crippen LogP contribution in [0.4, 0.5) is 0 Å². The molecule has 2 aromatic rings. The first-order chi connectivity index (χ1) is 10.4. The number of hydrogen-bond donors (Lipinski definition) is 1. The molecule has 0 saturated carbocycles. The highest BCUT2D eigenvalue weighted by molar-refractivity contribution is 7.09. The molecule has 0 atom stereocenters. The van der Waals surface area contributed by atoms with Gasteiger partial charge in [0, 0.05) is 11.4 Å². The van der Waals surface area contributed by atoms with E-state index in [0.29, 0.717) is 0 Å². The maximum Gasteiger partial charge on any atom is 0.305 e. The van der Waals surface area contributed by atoms with Crippen molar-refractivity contribution < 1.29 is 0 Å². The quantitative estimate of drug-likeness (QED) is 0.929. The van der Waals surface area contributed by atoms with Crippen LogP contribution >= 0.6 is 11.3 Å². The van der Waals surface area contributed by atoms with E-state index in [0.717, 1.165) is 35.8 Å². The number of aromatic amines is 1. The Morgan fingerprint density at radius 3 is 2.36 bits per heavy atom. The second-order valence-electron chi connectivity index (χ2n) is 7.12. The first kappa shape index (κ1) is 15.5. The highest BCUT2D eigenvalue weighted by atomic mass is 32.1. The molecule has 22 heavy (non-hydrogen) atoms. The maximum atomic E-state index is 11.8. The van der Waals surface area contributed by atoms with Gasteiger partial charge in [-0.05, 0) is 42.5 Å². The number of thiazole rings is 1. The number of rotatable bonds is 3. The molecule has 1 aromatic carbocycles. The van der Waals surface area contributed by atoms with Crippen LogP contribution in [-0.4, -0.2) is 23.0 Å². The summed E-state index contributed by atoms with van der Waals surface area (Å²) in [5.41, 5.74) is 3.58. The molecule has 2 heterocycles. The van der Waals surface area contributed by atoms with Gasteiger partial charge in [-0.2, -0.15) is 0 Å². The summed E-state index contributed by atoms with van der Waals surface area (Å²) in [6, 6.07) is 8.61. The van der Waals surface area contributed by atoms with Crippen LogP contribution in [0.15, 0.2) is 29.1 Å². The molecule has 1 aliphatic heterocycles. The molecular weight excluding hydrogens is 292 g/mol. The van der Waals surface area contributed by atoms with E-state index in [-0.39, 0.29) is 10.3 Å². The molecule has 1 fully saturated rings. The van der Waals surface area contributed by atoms with Gasteiger partial charge in [0.05, 0.1) is 5.69 Å². The van der Waals surface area contributed by atoms with Crippen LogP contribution < -0.4 is 4.87 Å². The van der Waals surface area contributed by atoms with E-state index in [1.54, 1.807) is 0 Å². The zero-order valence-corrected chi connectivity index (χ0v) is 14.4. The highest BCUT2D eigenvalue weighted by Crippen LogP contribution is 2.29. The average Bonchev–Trinajstić information content (AvgIpc) is 3.08. The molecule has 3 nitrogen and oxygen atoms in total. The van der Waals surface area contributed by atoms with E-state index in [1.165, 1.54) is 29.7 Å². The molecule has 4 heteroatoms. The van der Waals surface area contributed by atoms with E-state index < -0.39 is 0 Å².